The van der Waals surface area contributed by atoms with E-state index >= 15 is 0 Å². The van der Waals surface area contributed by atoms with Gasteiger partial charge in [0.25, 0.3) is 0 Å². The average Bonchev–Trinajstić information content (AvgIpc) is 2.05. The number of hydrogen-bond acceptors (Lipinski definition) is 2. The molecule has 0 aliphatic rings. The Bertz CT molecular complexity index is 74.5. The minimum atomic E-state index is -0.0367. The molecule has 0 atom stereocenters. The summed E-state index contributed by atoms with van der Waals surface area (Å²) in [6.45, 7) is 0. The van der Waals surface area contributed by atoms with E-state index in [0.29, 0.717) is 0 Å². The van der Waals surface area contributed by atoms with Gasteiger partial charge in [0.2, 0.25) is 0 Å². The molecule has 0 aromatic rings. The van der Waals surface area contributed by atoms with Crippen molar-refractivity contribution in [1.82, 2.24) is 0 Å². The molecule has 68 valence electrons. The van der Waals surface area contributed by atoms with Crippen LogP contribution in [0.2, 0.25) is 0 Å². The summed E-state index contributed by atoms with van der Waals surface area (Å²) in [5.74, 6) is 0.755. The molecule has 0 unspecified atom stereocenters. The van der Waals surface area contributed by atoms with E-state index in [-0.39, 0.29) is 6.29 Å². The maximum atomic E-state index is 5.52. The summed E-state index contributed by atoms with van der Waals surface area (Å²) in [6, 6.07) is 0. The second-order valence-corrected chi connectivity index (χ2v) is 2.82. The molecule has 0 aromatic heterocycles. The smallest absolute Gasteiger partial charge is 0.156 e. The van der Waals surface area contributed by atoms with Crippen LogP contribution in [0, 0.1) is 0 Å². The third kappa shape index (κ3) is 6.60. The largest absolute Gasteiger partial charge is 0.356 e. The monoisotopic (exact) mass is 180 g/mol. The van der Waals surface area contributed by atoms with Gasteiger partial charge < -0.3 is 9.47 Å². The number of ether oxygens (including phenoxy) is 2. The van der Waals surface area contributed by atoms with Crippen molar-refractivity contribution in [1.29, 1.82) is 0 Å². The van der Waals surface area contributed by atoms with Crippen molar-refractivity contribution < 1.29 is 9.47 Å². The highest BCUT2D eigenvalue weighted by Crippen LogP contribution is 2.06. The predicted molar refractivity (Wildman–Crippen MR) is 47.0 cm³/mol. The van der Waals surface area contributed by atoms with Crippen molar-refractivity contribution in [2.75, 3.05) is 20.1 Å². The molecular weight excluding hydrogens is 164 g/mol. The Balaban J connectivity index is 3.07. The molecule has 0 bridgehead atoms. The van der Waals surface area contributed by atoms with E-state index in [2.05, 4.69) is 0 Å². The molecule has 0 aliphatic carbocycles. The third-order valence-electron chi connectivity index (χ3n) is 1.60. The Kier molecular flexibility index (Phi) is 8.47. The fourth-order valence-corrected chi connectivity index (χ4v) is 1.10. The molecule has 0 radical (unpaired) electrons. The molecule has 0 saturated carbocycles. The molecule has 0 saturated heterocycles. The number of rotatable bonds is 7. The average molecular weight is 181 g/mol. The number of halogens is 1. The quantitative estimate of drug-likeness (QED) is 0.340. The van der Waals surface area contributed by atoms with Crippen LogP contribution < -0.4 is 0 Å². The van der Waals surface area contributed by atoms with Gasteiger partial charge in [-0.1, -0.05) is 6.42 Å². The maximum absolute atomic E-state index is 5.52. The van der Waals surface area contributed by atoms with Crippen LogP contribution >= 0.6 is 11.6 Å². The summed E-state index contributed by atoms with van der Waals surface area (Å²) in [7, 11) is 3.32. The van der Waals surface area contributed by atoms with Gasteiger partial charge in [0.15, 0.2) is 6.29 Å². The van der Waals surface area contributed by atoms with Gasteiger partial charge in [-0.05, 0) is 19.3 Å². The third-order valence-corrected chi connectivity index (χ3v) is 1.87. The molecule has 0 amide bonds. The Morgan fingerprint density at radius 1 is 1.09 bits per heavy atom. The first kappa shape index (κ1) is 11.2. The molecule has 0 aromatic carbocycles. The van der Waals surface area contributed by atoms with Crippen molar-refractivity contribution in [3.63, 3.8) is 0 Å². The lowest BCUT2D eigenvalue weighted by Gasteiger charge is -2.12. The molecule has 0 heterocycles. The van der Waals surface area contributed by atoms with Gasteiger partial charge in [-0.25, -0.2) is 0 Å². The van der Waals surface area contributed by atoms with Gasteiger partial charge >= 0.3 is 0 Å². The highest BCUT2D eigenvalue weighted by Gasteiger charge is 2.02. The van der Waals surface area contributed by atoms with Gasteiger partial charge in [-0.3, -0.25) is 0 Å². The van der Waals surface area contributed by atoms with Crippen LogP contribution in [0.15, 0.2) is 0 Å². The number of alkyl halides is 1. The highest BCUT2D eigenvalue weighted by molar-refractivity contribution is 6.17. The first-order valence-electron chi connectivity index (χ1n) is 3.96. The van der Waals surface area contributed by atoms with Crippen molar-refractivity contribution in [3.8, 4) is 0 Å². The van der Waals surface area contributed by atoms with E-state index < -0.39 is 0 Å². The molecule has 0 aliphatic heterocycles. The first-order valence-corrected chi connectivity index (χ1v) is 4.50. The van der Waals surface area contributed by atoms with E-state index in [9.17, 15) is 0 Å². The molecular formula is C8H17ClO2. The van der Waals surface area contributed by atoms with Crippen LogP contribution in [-0.4, -0.2) is 26.4 Å². The number of methoxy groups -OCH3 is 2. The van der Waals surface area contributed by atoms with Crippen LogP contribution in [0.5, 0.6) is 0 Å². The summed E-state index contributed by atoms with van der Waals surface area (Å²) in [6.07, 6.45) is 4.29. The summed E-state index contributed by atoms with van der Waals surface area (Å²) >= 11 is 5.52. The minimum Gasteiger partial charge on any atom is -0.356 e. The zero-order chi connectivity index (χ0) is 8.53. The Labute approximate surface area is 73.8 Å². The van der Waals surface area contributed by atoms with Crippen molar-refractivity contribution in [2.45, 2.75) is 32.0 Å². The van der Waals surface area contributed by atoms with Crippen LogP contribution in [0.25, 0.3) is 0 Å². The standard InChI is InChI=1S/C8H17ClO2/c1-10-8(11-2)6-4-3-5-7-9/h8H,3-7H2,1-2H3. The fourth-order valence-electron chi connectivity index (χ4n) is 0.914. The van der Waals surface area contributed by atoms with Crippen molar-refractivity contribution in [2.24, 2.45) is 0 Å². The van der Waals surface area contributed by atoms with Gasteiger partial charge in [0, 0.05) is 20.1 Å². The van der Waals surface area contributed by atoms with Gasteiger partial charge in [-0.15, -0.1) is 11.6 Å². The van der Waals surface area contributed by atoms with Gasteiger partial charge in [0.1, 0.15) is 0 Å². The summed E-state index contributed by atoms with van der Waals surface area (Å²) < 4.78 is 10.0. The fraction of sp³-hybridized carbons (Fsp3) is 1.00. The van der Waals surface area contributed by atoms with Crippen LogP contribution in [0.1, 0.15) is 25.7 Å². The normalized spacial score (nSPS) is 10.9. The highest BCUT2D eigenvalue weighted by atomic mass is 35.5. The Morgan fingerprint density at radius 2 is 1.73 bits per heavy atom. The van der Waals surface area contributed by atoms with E-state index in [0.717, 1.165) is 31.6 Å². The van der Waals surface area contributed by atoms with Crippen molar-refractivity contribution >= 4 is 11.6 Å². The number of hydrogen-bond donors (Lipinski definition) is 0. The van der Waals surface area contributed by atoms with E-state index in [1.165, 1.54) is 0 Å². The van der Waals surface area contributed by atoms with Gasteiger partial charge in [0.05, 0.1) is 0 Å². The zero-order valence-electron chi connectivity index (χ0n) is 7.31. The van der Waals surface area contributed by atoms with E-state index in [1.54, 1.807) is 14.2 Å². The van der Waals surface area contributed by atoms with Crippen LogP contribution in [-0.2, 0) is 9.47 Å². The van der Waals surface area contributed by atoms with Gasteiger partial charge in [-0.2, -0.15) is 0 Å². The second-order valence-electron chi connectivity index (χ2n) is 2.44. The molecule has 3 heteroatoms. The molecule has 0 spiro atoms. The predicted octanol–water partition coefficient (Wildman–Crippen LogP) is 2.40. The lowest BCUT2D eigenvalue weighted by molar-refractivity contribution is -0.107. The Morgan fingerprint density at radius 3 is 2.18 bits per heavy atom. The molecule has 2 nitrogen and oxygen atoms in total. The summed E-state index contributed by atoms with van der Waals surface area (Å²) in [5.41, 5.74) is 0. The first-order chi connectivity index (χ1) is 5.35. The molecule has 0 N–H and O–H groups in total. The van der Waals surface area contributed by atoms with Crippen molar-refractivity contribution in [3.05, 3.63) is 0 Å². The maximum Gasteiger partial charge on any atom is 0.156 e. The summed E-state index contributed by atoms with van der Waals surface area (Å²) in [4.78, 5) is 0. The number of unbranched alkanes of at least 4 members (excludes halogenated alkanes) is 2. The van der Waals surface area contributed by atoms with E-state index in [4.69, 9.17) is 21.1 Å². The lowest BCUT2D eigenvalue weighted by atomic mass is 10.2. The topological polar surface area (TPSA) is 18.5 Å². The minimum absolute atomic E-state index is 0.0367. The van der Waals surface area contributed by atoms with E-state index in [1.807, 2.05) is 0 Å². The zero-order valence-corrected chi connectivity index (χ0v) is 8.06. The Hall–Kier alpha value is 0.210. The lowest BCUT2D eigenvalue weighted by Crippen LogP contribution is -2.12. The molecule has 0 rings (SSSR count). The molecule has 11 heavy (non-hydrogen) atoms. The van der Waals surface area contributed by atoms with Crippen LogP contribution in [0.3, 0.4) is 0 Å². The van der Waals surface area contributed by atoms with Crippen LogP contribution in [0.4, 0.5) is 0 Å². The summed E-state index contributed by atoms with van der Waals surface area (Å²) in [5, 5.41) is 0. The SMILES string of the molecule is COC(CCCCCCl)OC. The second kappa shape index (κ2) is 8.31. The molecule has 0 fully saturated rings.